The van der Waals surface area contributed by atoms with Crippen LogP contribution in [0, 0.1) is 6.92 Å². The molecule has 20 heavy (non-hydrogen) atoms. The van der Waals surface area contributed by atoms with Gasteiger partial charge in [-0.1, -0.05) is 54.6 Å². The molecular weight excluding hydrogens is 246 g/mol. The first kappa shape index (κ1) is 7.96. The van der Waals surface area contributed by atoms with Crippen molar-refractivity contribution in [2.75, 3.05) is 27.1 Å². The Kier molecular flexibility index (Phi) is 2.88. The van der Waals surface area contributed by atoms with Crippen LogP contribution < -0.4 is 0 Å². The van der Waals surface area contributed by atoms with Crippen LogP contribution in [0.5, 0.6) is 0 Å². The van der Waals surface area contributed by atoms with Crippen LogP contribution in [-0.4, -0.2) is 32.0 Å². The number of ether oxygens (including phenoxy) is 1. The highest BCUT2D eigenvalue weighted by Crippen LogP contribution is 2.28. The summed E-state index contributed by atoms with van der Waals surface area (Å²) in [6, 6.07) is 16.2. The van der Waals surface area contributed by atoms with E-state index in [1.807, 2.05) is 25.1 Å². The van der Waals surface area contributed by atoms with Crippen molar-refractivity contribution in [3.05, 3.63) is 71.3 Å². The Morgan fingerprint density at radius 2 is 1.80 bits per heavy atom. The van der Waals surface area contributed by atoms with E-state index in [-0.39, 0.29) is 13.2 Å². The van der Waals surface area contributed by atoms with E-state index in [0.717, 1.165) is 5.56 Å². The van der Waals surface area contributed by atoms with Crippen molar-refractivity contribution in [1.82, 2.24) is 4.90 Å². The first-order chi connectivity index (χ1) is 12.5. The number of aryl methyl sites for hydroxylation is 1. The molecule has 0 spiro atoms. The van der Waals surface area contributed by atoms with Crippen molar-refractivity contribution in [2.45, 2.75) is 13.0 Å². The minimum atomic E-state index is -2.78. The lowest BCUT2D eigenvalue weighted by atomic mass is 9.97. The average molecular weight is 276 g/mol. The molecule has 0 bridgehead atoms. The Labute approximate surface area is 131 Å². The van der Waals surface area contributed by atoms with Crippen LogP contribution in [0.2, 0.25) is 0 Å². The molecule has 0 N–H and O–H groups in total. The second-order valence-electron chi connectivity index (χ2n) is 4.51. The minimum absolute atomic E-state index is 0.233. The van der Waals surface area contributed by atoms with Crippen LogP contribution in [0.1, 0.15) is 32.4 Å². The molecule has 0 aromatic heterocycles. The zero-order valence-electron chi connectivity index (χ0n) is 18.5. The molecule has 0 heterocycles. The summed E-state index contributed by atoms with van der Waals surface area (Å²) in [6.07, 6.45) is -1.58. The predicted molar refractivity (Wildman–Crippen MR) is 84.0 cm³/mol. The Bertz CT molecular complexity index is 731. The van der Waals surface area contributed by atoms with Crippen LogP contribution in [0.25, 0.3) is 0 Å². The standard InChI is InChI=1S/C18H23NO/c1-15-9-7-8-12-17(15)18(20-14-13-19(2)3)16-10-5-4-6-11-16/h4-12,18H,13-14H2,1-3H3/i2D3,3D3,18D. The van der Waals surface area contributed by atoms with Gasteiger partial charge in [-0.3, -0.25) is 0 Å². The zero-order valence-corrected chi connectivity index (χ0v) is 11.5. The molecule has 0 saturated heterocycles. The molecule has 1 atom stereocenters. The summed E-state index contributed by atoms with van der Waals surface area (Å²) in [5.41, 5.74) is 2.04. The van der Waals surface area contributed by atoms with Crippen LogP contribution >= 0.6 is 0 Å². The lowest BCUT2D eigenvalue weighted by Gasteiger charge is -2.22. The van der Waals surface area contributed by atoms with E-state index < -0.39 is 20.0 Å². The third-order valence-corrected chi connectivity index (χ3v) is 2.99. The third kappa shape index (κ3) is 3.92. The van der Waals surface area contributed by atoms with Crippen molar-refractivity contribution in [3.63, 3.8) is 0 Å². The smallest absolute Gasteiger partial charge is 0.108 e. The normalized spacial score (nSPS) is 20.6. The zero-order chi connectivity index (χ0) is 20.3. The Morgan fingerprint density at radius 1 is 1.10 bits per heavy atom. The van der Waals surface area contributed by atoms with Crippen LogP contribution in [0.3, 0.4) is 0 Å². The second-order valence-corrected chi connectivity index (χ2v) is 4.51. The van der Waals surface area contributed by atoms with E-state index in [1.54, 1.807) is 36.4 Å². The molecule has 0 aliphatic rings. The van der Waals surface area contributed by atoms with Gasteiger partial charge in [0, 0.05) is 14.8 Å². The van der Waals surface area contributed by atoms with Crippen molar-refractivity contribution >= 4 is 0 Å². The van der Waals surface area contributed by atoms with Gasteiger partial charge in [0.05, 0.1) is 7.98 Å². The van der Waals surface area contributed by atoms with Gasteiger partial charge in [0.25, 0.3) is 0 Å². The summed E-state index contributed by atoms with van der Waals surface area (Å²) in [7, 11) is 0. The number of benzene rings is 2. The van der Waals surface area contributed by atoms with E-state index >= 15 is 0 Å². The summed E-state index contributed by atoms with van der Waals surface area (Å²) in [5, 5.41) is 0. The van der Waals surface area contributed by atoms with Gasteiger partial charge in [0.1, 0.15) is 6.08 Å². The molecule has 2 heteroatoms. The van der Waals surface area contributed by atoms with E-state index in [9.17, 15) is 0 Å². The quantitative estimate of drug-likeness (QED) is 0.798. The average Bonchev–Trinajstić information content (AvgIpc) is 2.57. The van der Waals surface area contributed by atoms with Gasteiger partial charge in [-0.15, -0.1) is 0 Å². The van der Waals surface area contributed by atoms with Crippen LogP contribution in [0.4, 0.5) is 0 Å². The number of rotatable bonds is 6. The summed E-state index contributed by atoms with van der Waals surface area (Å²) in [5.74, 6) is 0. The molecule has 0 fully saturated rings. The Hall–Kier alpha value is -1.64. The maximum absolute atomic E-state index is 8.98. The lowest BCUT2D eigenvalue weighted by molar-refractivity contribution is 0.0683. The number of hydrogen-bond donors (Lipinski definition) is 0. The third-order valence-electron chi connectivity index (χ3n) is 2.99. The fraction of sp³-hybridized carbons (Fsp3) is 0.333. The molecule has 2 aromatic carbocycles. The van der Waals surface area contributed by atoms with Gasteiger partial charge in [0.2, 0.25) is 0 Å². The topological polar surface area (TPSA) is 12.5 Å². The molecule has 0 saturated carbocycles. The molecule has 2 nitrogen and oxygen atoms in total. The number of likely N-dealkylation sites (N-methyl/N-ethyl adjacent to an activating group) is 1. The molecule has 0 aliphatic heterocycles. The molecule has 0 radical (unpaired) electrons. The predicted octanol–water partition coefficient (Wildman–Crippen LogP) is 3.66. The summed E-state index contributed by atoms with van der Waals surface area (Å²) in [6.45, 7) is -4.29. The second kappa shape index (κ2) is 7.22. The number of hydrogen-bond acceptors (Lipinski definition) is 2. The van der Waals surface area contributed by atoms with Gasteiger partial charge in [-0.25, -0.2) is 0 Å². The van der Waals surface area contributed by atoms with Crippen molar-refractivity contribution < 1.29 is 14.3 Å². The monoisotopic (exact) mass is 276 g/mol. The fourth-order valence-electron chi connectivity index (χ4n) is 1.97. The van der Waals surface area contributed by atoms with Crippen molar-refractivity contribution in [3.8, 4) is 0 Å². The van der Waals surface area contributed by atoms with Gasteiger partial charge in [-0.2, -0.15) is 0 Å². The van der Waals surface area contributed by atoms with E-state index in [1.165, 1.54) is 0 Å². The molecule has 0 amide bonds. The highest BCUT2D eigenvalue weighted by Gasteiger charge is 2.16. The summed E-state index contributed by atoms with van der Waals surface area (Å²) in [4.78, 5) is 0.434. The maximum atomic E-state index is 8.98. The van der Waals surface area contributed by atoms with Gasteiger partial charge in [0.15, 0.2) is 0 Å². The molecule has 106 valence electrons. The first-order valence-corrected chi connectivity index (χ1v) is 6.49. The fourth-order valence-corrected chi connectivity index (χ4v) is 1.97. The first-order valence-electron chi connectivity index (χ1n) is 9.99. The van der Waals surface area contributed by atoms with Gasteiger partial charge in [-0.05, 0) is 37.6 Å². The molecule has 0 aliphatic carbocycles. The highest BCUT2D eigenvalue weighted by molar-refractivity contribution is 5.35. The maximum Gasteiger partial charge on any atom is 0.108 e. The Balaban J connectivity index is 2.31. The molecule has 2 rings (SSSR count). The summed E-state index contributed by atoms with van der Waals surface area (Å²) >= 11 is 0. The van der Waals surface area contributed by atoms with Crippen LogP contribution in [-0.2, 0) is 4.74 Å². The minimum Gasteiger partial charge on any atom is -0.367 e. The summed E-state index contributed by atoms with van der Waals surface area (Å²) < 4.78 is 59.4. The highest BCUT2D eigenvalue weighted by atomic mass is 16.5. The van der Waals surface area contributed by atoms with Crippen molar-refractivity contribution in [2.24, 2.45) is 0 Å². The molecule has 1 unspecified atom stereocenters. The molecule has 2 aromatic rings. The van der Waals surface area contributed by atoms with E-state index in [2.05, 4.69) is 0 Å². The van der Waals surface area contributed by atoms with Crippen molar-refractivity contribution in [1.29, 1.82) is 0 Å². The van der Waals surface area contributed by atoms with E-state index in [4.69, 9.17) is 14.3 Å². The van der Waals surface area contributed by atoms with Gasteiger partial charge >= 0.3 is 0 Å². The Morgan fingerprint density at radius 3 is 2.50 bits per heavy atom. The SMILES string of the molecule is [2H]C(OCCN(C([2H])([2H])[2H])C([2H])([2H])[2H])(c1ccccc1)c1ccccc1C. The van der Waals surface area contributed by atoms with E-state index in [0.29, 0.717) is 16.0 Å². The van der Waals surface area contributed by atoms with Crippen LogP contribution in [0.15, 0.2) is 54.6 Å². The largest absolute Gasteiger partial charge is 0.367 e. The number of nitrogens with zero attached hydrogens (tertiary/aromatic N) is 1. The van der Waals surface area contributed by atoms with Gasteiger partial charge < -0.3 is 9.64 Å². The molecular formula is C18H23NO. The lowest BCUT2D eigenvalue weighted by Crippen LogP contribution is -2.20.